The number of nitrogens with zero attached hydrogens (tertiary/aromatic N) is 2. The molecule has 1 heterocycles. The quantitative estimate of drug-likeness (QED) is 0.815. The van der Waals surface area contributed by atoms with Gasteiger partial charge in [-0.15, -0.1) is 0 Å². The first-order chi connectivity index (χ1) is 8.69. The topological polar surface area (TPSA) is 35.6 Å². The molecule has 1 aromatic carbocycles. The molecule has 1 amide bonds. The van der Waals surface area contributed by atoms with Gasteiger partial charge in [0, 0.05) is 38.4 Å². The van der Waals surface area contributed by atoms with E-state index in [-0.39, 0.29) is 0 Å². The highest BCUT2D eigenvalue weighted by Crippen LogP contribution is 2.17. The number of benzene rings is 1. The van der Waals surface area contributed by atoms with Crippen LogP contribution in [-0.2, 0) is 11.3 Å². The molecule has 0 aromatic heterocycles. The first-order valence-electron chi connectivity index (χ1n) is 6.39. The predicted octanol–water partition coefficient (Wildman–Crippen LogP) is 1.31. The minimum Gasteiger partial charge on any atom is -0.329 e. The number of hydrogen-bond acceptors (Lipinski definition) is 3. The average Bonchev–Trinajstić information content (AvgIpc) is 2.36. The summed E-state index contributed by atoms with van der Waals surface area (Å²) in [5, 5.41) is 2.68. The second-order valence-electron chi connectivity index (χ2n) is 4.98. The van der Waals surface area contributed by atoms with Crippen LogP contribution >= 0.6 is 0 Å². The Kier molecular flexibility index (Phi) is 4.33. The van der Waals surface area contributed by atoms with Crippen LogP contribution in [0.25, 0.3) is 0 Å². The maximum Gasteiger partial charge on any atom is 0.211 e. The van der Waals surface area contributed by atoms with E-state index in [1.807, 2.05) is 12.1 Å². The number of rotatable bonds is 4. The predicted molar refractivity (Wildman–Crippen MR) is 73.6 cm³/mol. The monoisotopic (exact) mass is 247 g/mol. The molecule has 0 bridgehead atoms. The second kappa shape index (κ2) is 5.98. The van der Waals surface area contributed by atoms with E-state index in [2.05, 4.69) is 35.2 Å². The van der Waals surface area contributed by atoms with E-state index in [1.54, 1.807) is 0 Å². The van der Waals surface area contributed by atoms with Crippen LogP contribution in [-0.4, -0.2) is 49.4 Å². The summed E-state index contributed by atoms with van der Waals surface area (Å²) in [5.74, 6) is 0. The van der Waals surface area contributed by atoms with Crippen LogP contribution in [0, 0.1) is 6.92 Å². The molecule has 1 aromatic rings. The molecule has 0 spiro atoms. The molecule has 0 atom stereocenters. The number of amides is 1. The van der Waals surface area contributed by atoms with Crippen molar-refractivity contribution in [1.29, 1.82) is 0 Å². The van der Waals surface area contributed by atoms with Crippen LogP contribution in [0.4, 0.5) is 5.69 Å². The molecule has 1 aliphatic rings. The van der Waals surface area contributed by atoms with Gasteiger partial charge in [-0.05, 0) is 37.2 Å². The fraction of sp³-hybridized carbons (Fsp3) is 0.500. The Labute approximate surface area is 109 Å². The van der Waals surface area contributed by atoms with Crippen molar-refractivity contribution in [3.05, 3.63) is 29.3 Å². The second-order valence-corrected chi connectivity index (χ2v) is 4.98. The van der Waals surface area contributed by atoms with E-state index in [1.165, 1.54) is 11.1 Å². The highest BCUT2D eigenvalue weighted by atomic mass is 16.1. The highest BCUT2D eigenvalue weighted by molar-refractivity contribution is 5.71. The lowest BCUT2D eigenvalue weighted by Crippen LogP contribution is -2.43. The normalized spacial score (nSPS) is 17.7. The molecule has 0 saturated carbocycles. The number of carbonyl (C=O) groups is 1. The molecule has 0 radical (unpaired) electrons. The number of nitrogens with one attached hydrogen (secondary N) is 1. The molecule has 1 saturated heterocycles. The summed E-state index contributed by atoms with van der Waals surface area (Å²) in [5.41, 5.74) is 3.45. The molecule has 4 heteroatoms. The highest BCUT2D eigenvalue weighted by Gasteiger charge is 2.14. The van der Waals surface area contributed by atoms with E-state index >= 15 is 0 Å². The summed E-state index contributed by atoms with van der Waals surface area (Å²) in [6, 6.07) is 6.10. The van der Waals surface area contributed by atoms with Crippen molar-refractivity contribution in [2.45, 2.75) is 13.5 Å². The van der Waals surface area contributed by atoms with Crippen LogP contribution in [0.5, 0.6) is 0 Å². The third-order valence-electron chi connectivity index (χ3n) is 3.56. The number of piperazine rings is 1. The summed E-state index contributed by atoms with van der Waals surface area (Å²) in [4.78, 5) is 15.2. The Balaban J connectivity index is 1.98. The number of carbonyl (C=O) groups excluding carboxylic acids is 1. The Morgan fingerprint density at radius 2 is 2.00 bits per heavy atom. The zero-order chi connectivity index (χ0) is 13.0. The Hall–Kier alpha value is -1.39. The van der Waals surface area contributed by atoms with E-state index in [0.29, 0.717) is 0 Å². The fourth-order valence-corrected chi connectivity index (χ4v) is 2.28. The largest absolute Gasteiger partial charge is 0.329 e. The maximum absolute atomic E-state index is 10.4. The van der Waals surface area contributed by atoms with E-state index in [9.17, 15) is 4.79 Å². The first kappa shape index (κ1) is 13.1. The summed E-state index contributed by atoms with van der Waals surface area (Å²) in [6.07, 6.45) is 0.717. The molecule has 18 heavy (non-hydrogen) atoms. The maximum atomic E-state index is 10.4. The van der Waals surface area contributed by atoms with Gasteiger partial charge in [0.15, 0.2) is 0 Å². The van der Waals surface area contributed by atoms with E-state index in [0.717, 1.165) is 44.8 Å². The number of likely N-dealkylation sites (N-methyl/N-ethyl adjacent to an activating group) is 1. The Bertz CT molecular complexity index is 412. The van der Waals surface area contributed by atoms with Crippen molar-refractivity contribution >= 4 is 12.1 Å². The van der Waals surface area contributed by atoms with Gasteiger partial charge < -0.3 is 10.2 Å². The van der Waals surface area contributed by atoms with Gasteiger partial charge in [0.2, 0.25) is 6.41 Å². The van der Waals surface area contributed by atoms with E-state index < -0.39 is 0 Å². The van der Waals surface area contributed by atoms with Crippen LogP contribution in [0.3, 0.4) is 0 Å². The summed E-state index contributed by atoms with van der Waals surface area (Å²) in [6.45, 7) is 7.64. The van der Waals surface area contributed by atoms with Gasteiger partial charge in [-0.2, -0.15) is 0 Å². The third-order valence-corrected chi connectivity index (χ3v) is 3.56. The lowest BCUT2D eigenvalue weighted by Gasteiger charge is -2.32. The lowest BCUT2D eigenvalue weighted by molar-refractivity contribution is -0.105. The molecule has 1 aliphatic heterocycles. The van der Waals surface area contributed by atoms with Gasteiger partial charge in [0.25, 0.3) is 0 Å². The standard InChI is InChI=1S/C14H21N3O/c1-12-9-14(15-11-18)4-3-13(12)10-17-7-5-16(2)6-8-17/h3-4,9,11H,5-8,10H2,1-2H3,(H,15,18). The van der Waals surface area contributed by atoms with Gasteiger partial charge in [-0.25, -0.2) is 0 Å². The van der Waals surface area contributed by atoms with Gasteiger partial charge in [0.1, 0.15) is 0 Å². The molecule has 98 valence electrons. The van der Waals surface area contributed by atoms with Crippen molar-refractivity contribution in [1.82, 2.24) is 9.80 Å². The van der Waals surface area contributed by atoms with Crippen molar-refractivity contribution in [3.8, 4) is 0 Å². The average molecular weight is 247 g/mol. The summed E-state index contributed by atoms with van der Waals surface area (Å²) < 4.78 is 0. The molecule has 1 N–H and O–H groups in total. The lowest BCUT2D eigenvalue weighted by atomic mass is 10.1. The van der Waals surface area contributed by atoms with E-state index in [4.69, 9.17) is 0 Å². The Morgan fingerprint density at radius 3 is 2.61 bits per heavy atom. The SMILES string of the molecule is Cc1cc(NC=O)ccc1CN1CCN(C)CC1. The molecular weight excluding hydrogens is 226 g/mol. The summed E-state index contributed by atoms with van der Waals surface area (Å²) in [7, 11) is 2.17. The fourth-order valence-electron chi connectivity index (χ4n) is 2.28. The van der Waals surface area contributed by atoms with Crippen molar-refractivity contribution in [2.24, 2.45) is 0 Å². The van der Waals surface area contributed by atoms with Gasteiger partial charge >= 0.3 is 0 Å². The molecule has 1 fully saturated rings. The minimum absolute atomic E-state index is 0.717. The van der Waals surface area contributed by atoms with Gasteiger partial charge in [-0.3, -0.25) is 9.69 Å². The van der Waals surface area contributed by atoms with Crippen LogP contribution in [0.1, 0.15) is 11.1 Å². The number of aryl methyl sites for hydroxylation is 1. The zero-order valence-electron chi connectivity index (χ0n) is 11.1. The third kappa shape index (κ3) is 3.31. The number of anilines is 1. The van der Waals surface area contributed by atoms with Crippen LogP contribution in [0.2, 0.25) is 0 Å². The minimum atomic E-state index is 0.717. The van der Waals surface area contributed by atoms with Crippen molar-refractivity contribution in [2.75, 3.05) is 38.5 Å². The van der Waals surface area contributed by atoms with Crippen molar-refractivity contribution in [3.63, 3.8) is 0 Å². The van der Waals surface area contributed by atoms with Crippen LogP contribution in [0.15, 0.2) is 18.2 Å². The smallest absolute Gasteiger partial charge is 0.211 e. The molecule has 0 unspecified atom stereocenters. The van der Waals surface area contributed by atoms with Gasteiger partial charge in [-0.1, -0.05) is 6.07 Å². The molecule has 2 rings (SSSR count). The van der Waals surface area contributed by atoms with Crippen LogP contribution < -0.4 is 5.32 Å². The first-order valence-corrected chi connectivity index (χ1v) is 6.39. The zero-order valence-corrected chi connectivity index (χ0v) is 11.1. The number of hydrogen-bond donors (Lipinski definition) is 1. The van der Waals surface area contributed by atoms with Crippen molar-refractivity contribution < 1.29 is 4.79 Å². The van der Waals surface area contributed by atoms with Gasteiger partial charge in [0.05, 0.1) is 0 Å². The summed E-state index contributed by atoms with van der Waals surface area (Å²) >= 11 is 0. The Morgan fingerprint density at radius 1 is 1.28 bits per heavy atom. The molecule has 0 aliphatic carbocycles. The molecule has 4 nitrogen and oxygen atoms in total. The molecular formula is C14H21N3O.